The maximum absolute atomic E-state index is 8.86. The molecule has 1 aromatic carbocycles. The first-order valence-corrected chi connectivity index (χ1v) is 6.18. The van der Waals surface area contributed by atoms with Crippen molar-refractivity contribution in [2.24, 2.45) is 5.92 Å². The molecule has 1 aliphatic heterocycles. The van der Waals surface area contributed by atoms with E-state index < -0.39 is 0 Å². The second kappa shape index (κ2) is 5.81. The highest BCUT2D eigenvalue weighted by Crippen LogP contribution is 2.18. The quantitative estimate of drug-likeness (QED) is 0.852. The molecule has 1 unspecified atom stereocenters. The zero-order chi connectivity index (χ0) is 12.1. The molecule has 0 spiro atoms. The molecule has 1 aliphatic rings. The van der Waals surface area contributed by atoms with Crippen LogP contribution in [-0.2, 0) is 6.54 Å². The average molecular weight is 229 g/mol. The van der Waals surface area contributed by atoms with Crippen molar-refractivity contribution in [2.45, 2.75) is 13.0 Å². The Balaban J connectivity index is 1.91. The van der Waals surface area contributed by atoms with Crippen LogP contribution < -0.4 is 5.32 Å². The van der Waals surface area contributed by atoms with Gasteiger partial charge in [0.05, 0.1) is 11.6 Å². The van der Waals surface area contributed by atoms with Crippen LogP contribution in [0.5, 0.6) is 0 Å². The number of nitrogens with one attached hydrogen (secondary N) is 1. The summed E-state index contributed by atoms with van der Waals surface area (Å²) in [6, 6.07) is 10.1. The van der Waals surface area contributed by atoms with E-state index in [1.54, 1.807) is 0 Å². The van der Waals surface area contributed by atoms with Gasteiger partial charge in [0, 0.05) is 13.1 Å². The fourth-order valence-corrected chi connectivity index (χ4v) is 2.51. The monoisotopic (exact) mass is 229 g/mol. The minimum atomic E-state index is 0.758. The van der Waals surface area contributed by atoms with E-state index in [-0.39, 0.29) is 0 Å². The van der Waals surface area contributed by atoms with Crippen molar-refractivity contribution in [3.63, 3.8) is 0 Å². The second-order valence-corrected chi connectivity index (χ2v) is 4.76. The van der Waals surface area contributed by atoms with Gasteiger partial charge in [0.1, 0.15) is 0 Å². The van der Waals surface area contributed by atoms with Crippen molar-refractivity contribution < 1.29 is 0 Å². The number of likely N-dealkylation sites (tertiary alicyclic amines) is 1. The lowest BCUT2D eigenvalue weighted by Gasteiger charge is -2.16. The van der Waals surface area contributed by atoms with E-state index in [2.05, 4.69) is 22.4 Å². The summed E-state index contributed by atoms with van der Waals surface area (Å²) in [6.45, 7) is 4.41. The normalized spacial score (nSPS) is 20.4. The van der Waals surface area contributed by atoms with Crippen LogP contribution in [-0.4, -0.2) is 31.6 Å². The van der Waals surface area contributed by atoms with Crippen molar-refractivity contribution in [1.29, 1.82) is 5.26 Å². The van der Waals surface area contributed by atoms with Gasteiger partial charge in [-0.1, -0.05) is 12.1 Å². The molecule has 0 saturated carbocycles. The average Bonchev–Trinajstić information content (AvgIpc) is 2.77. The Morgan fingerprint density at radius 1 is 1.53 bits per heavy atom. The minimum Gasteiger partial charge on any atom is -0.319 e. The third-order valence-electron chi connectivity index (χ3n) is 3.33. The van der Waals surface area contributed by atoms with Gasteiger partial charge in [-0.05, 0) is 50.2 Å². The Morgan fingerprint density at radius 3 is 3.18 bits per heavy atom. The van der Waals surface area contributed by atoms with Crippen LogP contribution in [0.15, 0.2) is 24.3 Å². The van der Waals surface area contributed by atoms with E-state index in [0.29, 0.717) is 0 Å². The molecule has 17 heavy (non-hydrogen) atoms. The summed E-state index contributed by atoms with van der Waals surface area (Å²) >= 11 is 0. The molecule has 3 heteroatoms. The van der Waals surface area contributed by atoms with Gasteiger partial charge in [-0.2, -0.15) is 5.26 Å². The summed E-state index contributed by atoms with van der Waals surface area (Å²) in [5.74, 6) is 0.777. The van der Waals surface area contributed by atoms with Crippen molar-refractivity contribution in [2.75, 3.05) is 26.7 Å². The largest absolute Gasteiger partial charge is 0.319 e. The zero-order valence-electron chi connectivity index (χ0n) is 10.3. The molecule has 1 saturated heterocycles. The van der Waals surface area contributed by atoms with Crippen LogP contribution in [0.25, 0.3) is 0 Å². The van der Waals surface area contributed by atoms with E-state index in [1.165, 1.54) is 18.5 Å². The number of benzene rings is 1. The van der Waals surface area contributed by atoms with Crippen LogP contribution in [0, 0.1) is 17.2 Å². The number of nitriles is 1. The number of hydrogen-bond acceptors (Lipinski definition) is 3. The Labute approximate surface area is 103 Å². The number of rotatable bonds is 4. The molecule has 1 fully saturated rings. The molecule has 90 valence electrons. The van der Waals surface area contributed by atoms with Gasteiger partial charge >= 0.3 is 0 Å². The van der Waals surface area contributed by atoms with Crippen LogP contribution in [0.2, 0.25) is 0 Å². The number of nitrogens with zero attached hydrogens (tertiary/aromatic N) is 2. The molecule has 0 aromatic heterocycles. The topological polar surface area (TPSA) is 39.1 Å². The third-order valence-corrected chi connectivity index (χ3v) is 3.33. The van der Waals surface area contributed by atoms with Crippen molar-refractivity contribution >= 4 is 0 Å². The number of hydrogen-bond donors (Lipinski definition) is 1. The molecular formula is C14H19N3. The van der Waals surface area contributed by atoms with E-state index in [1.807, 2.05) is 25.2 Å². The predicted octanol–water partition coefficient (Wildman–Crippen LogP) is 1.60. The van der Waals surface area contributed by atoms with Crippen LogP contribution in [0.3, 0.4) is 0 Å². The lowest BCUT2D eigenvalue weighted by atomic mass is 10.1. The molecule has 0 amide bonds. The first kappa shape index (κ1) is 12.1. The van der Waals surface area contributed by atoms with Crippen LogP contribution >= 0.6 is 0 Å². The molecule has 0 radical (unpaired) electrons. The third kappa shape index (κ3) is 3.29. The molecule has 1 aromatic rings. The fraction of sp³-hybridized carbons (Fsp3) is 0.500. The first-order chi connectivity index (χ1) is 8.31. The SMILES string of the molecule is CNCC1CCN(Cc2cccc(C#N)c2)C1. The van der Waals surface area contributed by atoms with Crippen LogP contribution in [0.1, 0.15) is 17.5 Å². The molecule has 1 N–H and O–H groups in total. The van der Waals surface area contributed by atoms with Gasteiger partial charge in [-0.15, -0.1) is 0 Å². The van der Waals surface area contributed by atoms with E-state index >= 15 is 0 Å². The summed E-state index contributed by atoms with van der Waals surface area (Å²) in [6.07, 6.45) is 1.28. The summed E-state index contributed by atoms with van der Waals surface area (Å²) in [7, 11) is 2.01. The standard InChI is InChI=1S/C14H19N3/c1-16-9-14-5-6-17(11-14)10-13-4-2-3-12(7-13)8-15/h2-4,7,14,16H,5-6,9-11H2,1H3. The minimum absolute atomic E-state index is 0.758. The van der Waals surface area contributed by atoms with Crippen molar-refractivity contribution in [1.82, 2.24) is 10.2 Å². The highest BCUT2D eigenvalue weighted by Gasteiger charge is 2.21. The van der Waals surface area contributed by atoms with Gasteiger partial charge < -0.3 is 5.32 Å². The summed E-state index contributed by atoms with van der Waals surface area (Å²) in [5, 5.41) is 12.1. The smallest absolute Gasteiger partial charge is 0.0991 e. The Bertz CT molecular complexity index is 408. The Morgan fingerprint density at radius 2 is 2.41 bits per heavy atom. The summed E-state index contributed by atoms with van der Waals surface area (Å²) < 4.78 is 0. The van der Waals surface area contributed by atoms with E-state index in [4.69, 9.17) is 5.26 Å². The van der Waals surface area contributed by atoms with E-state index in [9.17, 15) is 0 Å². The molecule has 1 heterocycles. The zero-order valence-corrected chi connectivity index (χ0v) is 10.3. The Kier molecular flexibility index (Phi) is 4.13. The molecule has 2 rings (SSSR count). The molecule has 3 nitrogen and oxygen atoms in total. The summed E-state index contributed by atoms with van der Waals surface area (Å²) in [5.41, 5.74) is 2.00. The summed E-state index contributed by atoms with van der Waals surface area (Å²) in [4.78, 5) is 2.47. The van der Waals surface area contributed by atoms with Crippen LogP contribution in [0.4, 0.5) is 0 Å². The van der Waals surface area contributed by atoms with Gasteiger partial charge in [0.25, 0.3) is 0 Å². The van der Waals surface area contributed by atoms with Gasteiger partial charge in [-0.3, -0.25) is 4.90 Å². The lowest BCUT2D eigenvalue weighted by molar-refractivity contribution is 0.315. The van der Waals surface area contributed by atoms with Gasteiger partial charge in [-0.25, -0.2) is 0 Å². The molecular weight excluding hydrogens is 210 g/mol. The molecule has 0 bridgehead atoms. The maximum Gasteiger partial charge on any atom is 0.0991 e. The fourth-order valence-electron chi connectivity index (χ4n) is 2.51. The van der Waals surface area contributed by atoms with Gasteiger partial charge in [0.2, 0.25) is 0 Å². The maximum atomic E-state index is 8.86. The molecule has 1 atom stereocenters. The predicted molar refractivity (Wildman–Crippen MR) is 68.5 cm³/mol. The lowest BCUT2D eigenvalue weighted by Crippen LogP contribution is -2.24. The highest BCUT2D eigenvalue weighted by atomic mass is 15.1. The first-order valence-electron chi connectivity index (χ1n) is 6.18. The van der Waals surface area contributed by atoms with Gasteiger partial charge in [0.15, 0.2) is 0 Å². The highest BCUT2D eigenvalue weighted by molar-refractivity contribution is 5.32. The second-order valence-electron chi connectivity index (χ2n) is 4.76. The van der Waals surface area contributed by atoms with Crippen molar-refractivity contribution in [3.8, 4) is 6.07 Å². The van der Waals surface area contributed by atoms with Crippen molar-refractivity contribution in [3.05, 3.63) is 35.4 Å². The van der Waals surface area contributed by atoms with E-state index in [0.717, 1.165) is 31.1 Å². The molecule has 0 aliphatic carbocycles. The Hall–Kier alpha value is -1.37.